The van der Waals surface area contributed by atoms with E-state index in [4.69, 9.17) is 5.26 Å². The number of aryl methyl sites for hydroxylation is 1. The van der Waals surface area contributed by atoms with Gasteiger partial charge in [0.1, 0.15) is 0 Å². The van der Waals surface area contributed by atoms with Crippen LogP contribution in [0.4, 0.5) is 0 Å². The highest BCUT2D eigenvalue weighted by Crippen LogP contribution is 1.94. The zero-order valence-corrected chi connectivity index (χ0v) is 7.31. The van der Waals surface area contributed by atoms with E-state index in [-0.39, 0.29) is 5.56 Å². The van der Waals surface area contributed by atoms with E-state index in [2.05, 4.69) is 11.2 Å². The molecule has 13 heavy (non-hydrogen) atoms. The summed E-state index contributed by atoms with van der Waals surface area (Å²) in [6, 6.07) is 5.16. The molecule has 68 valence electrons. The number of unbranched alkanes of at least 4 members (excludes halogenated alkanes) is 2. The Morgan fingerprint density at radius 3 is 3.08 bits per heavy atom. The summed E-state index contributed by atoms with van der Waals surface area (Å²) < 4.78 is 1.41. The van der Waals surface area contributed by atoms with Crippen molar-refractivity contribution in [2.75, 3.05) is 0 Å². The van der Waals surface area contributed by atoms with Crippen LogP contribution < -0.4 is 5.56 Å². The standard InChI is InChI=1S/C9H11N3O/c10-6-2-1-3-8-12-9(13)5-4-7-11-12/h4-5,7H,1-3,8H2. The Kier molecular flexibility index (Phi) is 3.71. The second-order valence-electron chi connectivity index (χ2n) is 2.70. The van der Waals surface area contributed by atoms with Gasteiger partial charge in [0.25, 0.3) is 5.56 Å². The molecule has 4 heteroatoms. The van der Waals surface area contributed by atoms with E-state index in [1.165, 1.54) is 10.7 Å². The van der Waals surface area contributed by atoms with Gasteiger partial charge in [-0.15, -0.1) is 0 Å². The minimum absolute atomic E-state index is 0.0838. The van der Waals surface area contributed by atoms with Gasteiger partial charge in [0, 0.05) is 25.2 Å². The van der Waals surface area contributed by atoms with E-state index in [1.807, 2.05) is 0 Å². The molecule has 0 atom stereocenters. The molecule has 1 aromatic heterocycles. The number of nitriles is 1. The van der Waals surface area contributed by atoms with Crippen LogP contribution in [-0.2, 0) is 6.54 Å². The van der Waals surface area contributed by atoms with E-state index >= 15 is 0 Å². The lowest BCUT2D eigenvalue weighted by molar-refractivity contribution is 0.535. The van der Waals surface area contributed by atoms with Crippen molar-refractivity contribution in [1.82, 2.24) is 9.78 Å². The highest BCUT2D eigenvalue weighted by atomic mass is 16.1. The number of rotatable bonds is 4. The van der Waals surface area contributed by atoms with E-state index in [0.717, 1.165) is 12.8 Å². The minimum atomic E-state index is -0.0838. The lowest BCUT2D eigenvalue weighted by Gasteiger charge is -2.00. The second-order valence-corrected chi connectivity index (χ2v) is 2.70. The van der Waals surface area contributed by atoms with Gasteiger partial charge in [-0.05, 0) is 18.9 Å². The van der Waals surface area contributed by atoms with Gasteiger partial charge in [-0.1, -0.05) is 0 Å². The molecular weight excluding hydrogens is 166 g/mol. The van der Waals surface area contributed by atoms with Crippen molar-refractivity contribution in [2.24, 2.45) is 0 Å². The second kappa shape index (κ2) is 5.09. The summed E-state index contributed by atoms with van der Waals surface area (Å²) in [5.41, 5.74) is -0.0838. The summed E-state index contributed by atoms with van der Waals surface area (Å²) in [4.78, 5) is 11.1. The van der Waals surface area contributed by atoms with Gasteiger partial charge < -0.3 is 0 Å². The summed E-state index contributed by atoms with van der Waals surface area (Å²) in [6.45, 7) is 0.599. The van der Waals surface area contributed by atoms with Crippen molar-refractivity contribution in [3.63, 3.8) is 0 Å². The Morgan fingerprint density at radius 2 is 2.38 bits per heavy atom. The Morgan fingerprint density at radius 1 is 1.54 bits per heavy atom. The van der Waals surface area contributed by atoms with E-state index in [0.29, 0.717) is 13.0 Å². The Labute approximate surface area is 76.4 Å². The van der Waals surface area contributed by atoms with E-state index in [1.54, 1.807) is 12.3 Å². The predicted octanol–water partition coefficient (Wildman–Crippen LogP) is 0.937. The van der Waals surface area contributed by atoms with Gasteiger partial charge in [-0.3, -0.25) is 4.79 Å². The maximum Gasteiger partial charge on any atom is 0.266 e. The quantitative estimate of drug-likeness (QED) is 0.643. The molecule has 0 aliphatic carbocycles. The fraction of sp³-hybridized carbons (Fsp3) is 0.444. The monoisotopic (exact) mass is 177 g/mol. The molecule has 1 heterocycles. The van der Waals surface area contributed by atoms with Crippen molar-refractivity contribution < 1.29 is 0 Å². The first-order chi connectivity index (χ1) is 6.34. The van der Waals surface area contributed by atoms with Gasteiger partial charge in [0.2, 0.25) is 0 Å². The van der Waals surface area contributed by atoms with Crippen molar-refractivity contribution in [2.45, 2.75) is 25.8 Å². The molecule has 0 spiro atoms. The largest absolute Gasteiger partial charge is 0.268 e. The number of aromatic nitrogens is 2. The van der Waals surface area contributed by atoms with E-state index in [9.17, 15) is 4.79 Å². The van der Waals surface area contributed by atoms with Gasteiger partial charge in [-0.25, -0.2) is 4.68 Å². The van der Waals surface area contributed by atoms with Crippen LogP contribution in [0.25, 0.3) is 0 Å². The molecule has 0 unspecified atom stereocenters. The third-order valence-electron chi connectivity index (χ3n) is 1.69. The van der Waals surface area contributed by atoms with Crippen molar-refractivity contribution in [1.29, 1.82) is 5.26 Å². The summed E-state index contributed by atoms with van der Waals surface area (Å²) in [5.74, 6) is 0. The minimum Gasteiger partial charge on any atom is -0.268 e. The molecule has 0 saturated carbocycles. The zero-order valence-electron chi connectivity index (χ0n) is 7.31. The fourth-order valence-electron chi connectivity index (χ4n) is 1.02. The van der Waals surface area contributed by atoms with Crippen LogP contribution in [0.5, 0.6) is 0 Å². The van der Waals surface area contributed by atoms with Crippen LogP contribution >= 0.6 is 0 Å². The molecule has 0 bridgehead atoms. The molecule has 0 radical (unpaired) electrons. The topological polar surface area (TPSA) is 58.7 Å². The molecule has 0 fully saturated rings. The molecule has 0 saturated heterocycles. The van der Waals surface area contributed by atoms with Crippen LogP contribution in [0.15, 0.2) is 23.1 Å². The van der Waals surface area contributed by atoms with Crippen LogP contribution in [0.1, 0.15) is 19.3 Å². The van der Waals surface area contributed by atoms with Crippen LogP contribution in [0.2, 0.25) is 0 Å². The molecular formula is C9H11N3O. The molecule has 1 aromatic rings. The fourth-order valence-corrected chi connectivity index (χ4v) is 1.02. The first-order valence-corrected chi connectivity index (χ1v) is 4.23. The highest BCUT2D eigenvalue weighted by Gasteiger charge is 1.94. The SMILES string of the molecule is N#CCCCCn1ncccc1=O. The number of hydrogen-bond donors (Lipinski definition) is 0. The number of hydrogen-bond acceptors (Lipinski definition) is 3. The van der Waals surface area contributed by atoms with Crippen LogP contribution in [-0.4, -0.2) is 9.78 Å². The summed E-state index contributed by atoms with van der Waals surface area (Å²) in [5, 5.41) is 12.2. The van der Waals surface area contributed by atoms with Gasteiger partial charge in [0.05, 0.1) is 6.07 Å². The summed E-state index contributed by atoms with van der Waals surface area (Å²) in [7, 11) is 0. The van der Waals surface area contributed by atoms with Gasteiger partial charge in [-0.2, -0.15) is 10.4 Å². The molecule has 0 N–H and O–H groups in total. The van der Waals surface area contributed by atoms with Crippen molar-refractivity contribution >= 4 is 0 Å². The molecule has 4 nitrogen and oxygen atoms in total. The lowest BCUT2D eigenvalue weighted by atomic mass is 10.2. The third kappa shape index (κ3) is 3.08. The Balaban J connectivity index is 2.42. The lowest BCUT2D eigenvalue weighted by Crippen LogP contribution is -2.21. The molecule has 0 aliphatic rings. The maximum absolute atomic E-state index is 11.1. The predicted molar refractivity (Wildman–Crippen MR) is 48.0 cm³/mol. The third-order valence-corrected chi connectivity index (χ3v) is 1.69. The highest BCUT2D eigenvalue weighted by molar-refractivity contribution is 4.84. The molecule has 0 amide bonds. The normalized spacial score (nSPS) is 9.46. The molecule has 0 aliphatic heterocycles. The average Bonchev–Trinajstić information content (AvgIpc) is 2.15. The van der Waals surface area contributed by atoms with Crippen LogP contribution in [0.3, 0.4) is 0 Å². The zero-order chi connectivity index (χ0) is 9.52. The van der Waals surface area contributed by atoms with Crippen molar-refractivity contribution in [3.8, 4) is 6.07 Å². The first kappa shape index (κ1) is 9.46. The number of nitrogens with zero attached hydrogens (tertiary/aromatic N) is 3. The molecule has 0 aromatic carbocycles. The Bertz CT molecular complexity index is 350. The van der Waals surface area contributed by atoms with Gasteiger partial charge in [0.15, 0.2) is 0 Å². The van der Waals surface area contributed by atoms with Crippen molar-refractivity contribution in [3.05, 3.63) is 28.7 Å². The Hall–Kier alpha value is -1.63. The van der Waals surface area contributed by atoms with Gasteiger partial charge >= 0.3 is 0 Å². The first-order valence-electron chi connectivity index (χ1n) is 4.23. The smallest absolute Gasteiger partial charge is 0.266 e. The van der Waals surface area contributed by atoms with E-state index < -0.39 is 0 Å². The summed E-state index contributed by atoms with van der Waals surface area (Å²) >= 11 is 0. The summed E-state index contributed by atoms with van der Waals surface area (Å²) in [6.07, 6.45) is 3.78. The van der Waals surface area contributed by atoms with Crippen LogP contribution in [0, 0.1) is 11.3 Å². The molecule has 1 rings (SSSR count). The average molecular weight is 177 g/mol. The maximum atomic E-state index is 11.1.